The molecule has 0 aliphatic heterocycles. The highest BCUT2D eigenvalue weighted by Gasteiger charge is 2.19. The van der Waals surface area contributed by atoms with Gasteiger partial charge in [0.25, 0.3) is 0 Å². The Hall–Kier alpha value is -1.30. The number of carbonyl (C=O) groups excluding carboxylic acids is 1. The molecule has 19 heavy (non-hydrogen) atoms. The molecule has 6 heteroatoms. The molecule has 1 rings (SSSR count). The average Bonchev–Trinajstić information content (AvgIpc) is 2.39. The van der Waals surface area contributed by atoms with Gasteiger partial charge in [-0.1, -0.05) is 19.3 Å². The lowest BCUT2D eigenvalue weighted by Gasteiger charge is -2.28. The van der Waals surface area contributed by atoms with Crippen molar-refractivity contribution >= 4 is 11.9 Å². The predicted octanol–water partition coefficient (Wildman–Crippen LogP) is 1.30. The number of nitrogens with zero attached hydrogens (tertiary/aromatic N) is 1. The van der Waals surface area contributed by atoms with Crippen molar-refractivity contribution in [2.75, 3.05) is 26.8 Å². The summed E-state index contributed by atoms with van der Waals surface area (Å²) in [5, 5.41) is 10.3. The van der Waals surface area contributed by atoms with Crippen LogP contribution in [0.2, 0.25) is 0 Å². The van der Waals surface area contributed by atoms with Crippen molar-refractivity contribution in [1.82, 2.24) is 10.2 Å². The molecule has 1 aliphatic rings. The summed E-state index contributed by atoms with van der Waals surface area (Å²) >= 11 is 0. The Kier molecular flexibility index (Phi) is 7.25. The van der Waals surface area contributed by atoms with Crippen LogP contribution >= 0.6 is 0 Å². The highest BCUT2D eigenvalue weighted by Crippen LogP contribution is 2.17. The normalized spacial score (nSPS) is 16.1. The molecular formula is C13H26N4O2. The third-order valence-corrected chi connectivity index (χ3v) is 3.44. The van der Waals surface area contributed by atoms with Crippen molar-refractivity contribution in [2.45, 2.75) is 44.6 Å². The van der Waals surface area contributed by atoms with Gasteiger partial charge >= 0.3 is 6.03 Å². The molecule has 2 amide bonds. The van der Waals surface area contributed by atoms with Gasteiger partial charge < -0.3 is 20.7 Å². The van der Waals surface area contributed by atoms with Crippen molar-refractivity contribution in [1.29, 1.82) is 5.41 Å². The van der Waals surface area contributed by atoms with Crippen LogP contribution in [0.1, 0.15) is 38.5 Å². The lowest BCUT2D eigenvalue weighted by atomic mass is 9.96. The predicted molar refractivity (Wildman–Crippen MR) is 75.4 cm³/mol. The molecule has 1 fully saturated rings. The highest BCUT2D eigenvalue weighted by atomic mass is 16.5. The Morgan fingerprint density at radius 3 is 2.63 bits per heavy atom. The van der Waals surface area contributed by atoms with Crippen molar-refractivity contribution in [3.8, 4) is 0 Å². The molecular weight excluding hydrogens is 244 g/mol. The maximum Gasteiger partial charge on any atom is 0.317 e. The van der Waals surface area contributed by atoms with Crippen LogP contribution in [0.5, 0.6) is 0 Å². The van der Waals surface area contributed by atoms with E-state index in [1.807, 2.05) is 0 Å². The average molecular weight is 270 g/mol. The molecule has 0 aromatic rings. The second-order valence-electron chi connectivity index (χ2n) is 5.04. The quantitative estimate of drug-likeness (QED) is 0.481. The number of nitrogens with one attached hydrogen (secondary N) is 2. The van der Waals surface area contributed by atoms with E-state index in [9.17, 15) is 4.79 Å². The third-order valence-electron chi connectivity index (χ3n) is 3.44. The Bertz CT molecular complexity index is 290. The van der Waals surface area contributed by atoms with Crippen LogP contribution in [0.25, 0.3) is 0 Å². The first-order valence-corrected chi connectivity index (χ1v) is 7.00. The number of amidine groups is 1. The van der Waals surface area contributed by atoms with E-state index in [-0.39, 0.29) is 11.9 Å². The van der Waals surface area contributed by atoms with E-state index in [0.717, 1.165) is 12.8 Å². The van der Waals surface area contributed by atoms with Crippen molar-refractivity contribution in [3.05, 3.63) is 0 Å². The van der Waals surface area contributed by atoms with Crippen LogP contribution in [-0.2, 0) is 4.74 Å². The number of ether oxygens (including phenoxy) is 1. The molecule has 0 spiro atoms. The fourth-order valence-corrected chi connectivity index (χ4v) is 2.28. The van der Waals surface area contributed by atoms with Gasteiger partial charge in [0.2, 0.25) is 0 Å². The summed E-state index contributed by atoms with van der Waals surface area (Å²) in [4.78, 5) is 13.9. The van der Waals surface area contributed by atoms with Gasteiger partial charge in [-0.05, 0) is 12.8 Å². The van der Waals surface area contributed by atoms with Gasteiger partial charge in [-0.25, -0.2) is 4.79 Å². The van der Waals surface area contributed by atoms with Crippen LogP contribution in [0.15, 0.2) is 0 Å². The number of amides is 2. The van der Waals surface area contributed by atoms with E-state index in [0.29, 0.717) is 32.2 Å². The second-order valence-corrected chi connectivity index (χ2v) is 5.04. The largest absolute Gasteiger partial charge is 0.388 e. The van der Waals surface area contributed by atoms with Gasteiger partial charge in [0.05, 0.1) is 12.4 Å². The topological polar surface area (TPSA) is 91.4 Å². The van der Waals surface area contributed by atoms with E-state index in [4.69, 9.17) is 15.9 Å². The Labute approximate surface area is 115 Å². The first kappa shape index (κ1) is 15.8. The number of carbonyl (C=O) groups is 1. The molecule has 1 saturated carbocycles. The van der Waals surface area contributed by atoms with E-state index in [1.54, 1.807) is 12.0 Å². The maximum atomic E-state index is 12.2. The van der Waals surface area contributed by atoms with Crippen LogP contribution in [0, 0.1) is 5.41 Å². The molecule has 0 saturated heterocycles. The molecule has 1 aliphatic carbocycles. The molecule has 0 atom stereocenters. The molecule has 4 N–H and O–H groups in total. The molecule has 0 heterocycles. The molecule has 110 valence electrons. The standard InChI is InChI=1S/C13H26N4O2/c1-19-10-9-17(8-7-12(14)15)13(18)16-11-5-3-2-4-6-11/h11H,2-10H2,1H3,(H3,14,15)(H,16,18). The summed E-state index contributed by atoms with van der Waals surface area (Å²) in [6.07, 6.45) is 6.19. The number of nitrogens with two attached hydrogens (primary N) is 1. The Balaban J connectivity index is 2.41. The molecule has 6 nitrogen and oxygen atoms in total. The molecule has 0 aromatic carbocycles. The van der Waals surface area contributed by atoms with Gasteiger partial charge in [-0.15, -0.1) is 0 Å². The minimum atomic E-state index is -0.0646. The summed E-state index contributed by atoms with van der Waals surface area (Å²) < 4.78 is 5.01. The SMILES string of the molecule is COCCN(CCC(=N)N)C(=O)NC1CCCCC1. The lowest BCUT2D eigenvalue weighted by Crippen LogP contribution is -2.47. The third kappa shape index (κ3) is 6.42. The first-order valence-electron chi connectivity index (χ1n) is 7.00. The minimum Gasteiger partial charge on any atom is -0.388 e. The van der Waals surface area contributed by atoms with Gasteiger partial charge in [0.15, 0.2) is 0 Å². The Morgan fingerprint density at radius 2 is 2.05 bits per heavy atom. The van der Waals surface area contributed by atoms with E-state index < -0.39 is 0 Å². The zero-order valence-electron chi connectivity index (χ0n) is 11.8. The van der Waals surface area contributed by atoms with Gasteiger partial charge in [0.1, 0.15) is 0 Å². The Morgan fingerprint density at radius 1 is 1.37 bits per heavy atom. The molecule has 0 unspecified atom stereocenters. The molecule has 0 radical (unpaired) electrons. The highest BCUT2D eigenvalue weighted by molar-refractivity contribution is 5.79. The number of urea groups is 1. The zero-order chi connectivity index (χ0) is 14.1. The van der Waals surface area contributed by atoms with Gasteiger partial charge in [0, 0.05) is 32.7 Å². The summed E-state index contributed by atoms with van der Waals surface area (Å²) in [6.45, 7) is 1.50. The number of rotatable bonds is 7. The maximum absolute atomic E-state index is 12.2. The second kappa shape index (κ2) is 8.74. The lowest BCUT2D eigenvalue weighted by molar-refractivity contribution is 0.147. The fraction of sp³-hybridized carbons (Fsp3) is 0.846. The van der Waals surface area contributed by atoms with Gasteiger partial charge in [-0.2, -0.15) is 0 Å². The number of hydrogen-bond donors (Lipinski definition) is 3. The van der Waals surface area contributed by atoms with Crippen molar-refractivity contribution < 1.29 is 9.53 Å². The minimum absolute atomic E-state index is 0.0646. The van der Waals surface area contributed by atoms with Crippen LogP contribution < -0.4 is 11.1 Å². The van der Waals surface area contributed by atoms with Gasteiger partial charge in [-0.3, -0.25) is 5.41 Å². The van der Waals surface area contributed by atoms with E-state index >= 15 is 0 Å². The fourth-order valence-electron chi connectivity index (χ4n) is 2.28. The van der Waals surface area contributed by atoms with Crippen molar-refractivity contribution in [3.63, 3.8) is 0 Å². The summed E-state index contributed by atoms with van der Waals surface area (Å²) in [6, 6.07) is 0.230. The first-order chi connectivity index (χ1) is 9.13. The van der Waals surface area contributed by atoms with Crippen LogP contribution in [0.4, 0.5) is 4.79 Å². The number of hydrogen-bond acceptors (Lipinski definition) is 3. The van der Waals surface area contributed by atoms with Crippen LogP contribution in [0.3, 0.4) is 0 Å². The summed E-state index contributed by atoms with van der Waals surface area (Å²) in [5.74, 6) is 0.105. The molecule has 0 bridgehead atoms. The van der Waals surface area contributed by atoms with E-state index in [2.05, 4.69) is 5.32 Å². The smallest absolute Gasteiger partial charge is 0.317 e. The monoisotopic (exact) mass is 270 g/mol. The van der Waals surface area contributed by atoms with E-state index in [1.165, 1.54) is 19.3 Å². The zero-order valence-corrected chi connectivity index (χ0v) is 11.8. The summed E-state index contributed by atoms with van der Waals surface area (Å²) in [7, 11) is 1.61. The number of methoxy groups -OCH3 is 1. The summed E-state index contributed by atoms with van der Waals surface area (Å²) in [5.41, 5.74) is 5.35. The van der Waals surface area contributed by atoms with Crippen LogP contribution in [-0.4, -0.2) is 49.6 Å². The molecule has 0 aromatic heterocycles. The van der Waals surface area contributed by atoms with Crippen molar-refractivity contribution in [2.24, 2.45) is 5.73 Å².